The Morgan fingerprint density at radius 1 is 1.30 bits per heavy atom. The number of hydrogen-bond donors (Lipinski definition) is 3. The van der Waals surface area contributed by atoms with Gasteiger partial charge in [0.25, 0.3) is 0 Å². The van der Waals surface area contributed by atoms with Gasteiger partial charge in [-0.05, 0) is 49.8 Å². The number of fused-ring (bicyclic) bond motifs is 1. The van der Waals surface area contributed by atoms with Crippen molar-refractivity contribution in [2.45, 2.75) is 44.7 Å². The van der Waals surface area contributed by atoms with Crippen molar-refractivity contribution in [3.8, 4) is 18.1 Å². The molecule has 33 heavy (non-hydrogen) atoms. The molecule has 0 amide bonds. The molecular weight excluding hydrogens is 439 g/mol. The maximum absolute atomic E-state index is 12.8. The molecule has 3 aromatic rings. The quantitative estimate of drug-likeness (QED) is 0.488. The highest BCUT2D eigenvalue weighted by Gasteiger charge is 2.32. The highest BCUT2D eigenvalue weighted by Crippen LogP contribution is 2.28. The predicted molar refractivity (Wildman–Crippen MR) is 115 cm³/mol. The first-order valence-electron chi connectivity index (χ1n) is 10.4. The van der Waals surface area contributed by atoms with Crippen molar-refractivity contribution in [2.24, 2.45) is 5.92 Å². The summed E-state index contributed by atoms with van der Waals surface area (Å²) in [7, 11) is 0. The van der Waals surface area contributed by atoms with E-state index >= 15 is 0 Å². The zero-order valence-electron chi connectivity index (χ0n) is 17.5. The summed E-state index contributed by atoms with van der Waals surface area (Å²) in [6.07, 6.45) is 4.96. The monoisotopic (exact) mass is 461 g/mol. The molecule has 11 heteroatoms. The fraction of sp³-hybridized carbons (Fsp3) is 0.409. The van der Waals surface area contributed by atoms with Crippen LogP contribution < -0.4 is 15.7 Å². The predicted octanol–water partition coefficient (Wildman–Crippen LogP) is 3.01. The van der Waals surface area contributed by atoms with Gasteiger partial charge in [0.05, 0.1) is 18.8 Å². The molecule has 1 aliphatic carbocycles. The Bertz CT molecular complexity index is 1240. The van der Waals surface area contributed by atoms with Gasteiger partial charge >= 0.3 is 12.1 Å². The van der Waals surface area contributed by atoms with Crippen LogP contribution in [0, 0.1) is 18.3 Å². The van der Waals surface area contributed by atoms with E-state index in [9.17, 15) is 23.1 Å². The number of benzene rings is 1. The number of aliphatic hydroxyl groups excluding tert-OH is 1. The lowest BCUT2D eigenvalue weighted by atomic mass is 9.87. The summed E-state index contributed by atoms with van der Waals surface area (Å²) in [5, 5.41) is 12.8. The number of H-pyrrole nitrogens is 1. The van der Waals surface area contributed by atoms with Gasteiger partial charge < -0.3 is 20.1 Å². The van der Waals surface area contributed by atoms with Crippen LogP contribution in [-0.4, -0.2) is 43.6 Å². The largest absolute Gasteiger partial charge is 0.573 e. The zero-order chi connectivity index (χ0) is 23.6. The fourth-order valence-corrected chi connectivity index (χ4v) is 3.95. The summed E-state index contributed by atoms with van der Waals surface area (Å²) >= 11 is 0. The molecule has 1 aliphatic rings. The minimum atomic E-state index is -4.90. The van der Waals surface area contributed by atoms with Crippen molar-refractivity contribution < 1.29 is 23.0 Å². The van der Waals surface area contributed by atoms with Crippen LogP contribution in [0.25, 0.3) is 11.2 Å². The van der Waals surface area contributed by atoms with E-state index in [-0.39, 0.29) is 23.9 Å². The number of anilines is 1. The number of ether oxygens (including phenoxy) is 1. The van der Waals surface area contributed by atoms with Gasteiger partial charge in [-0.3, -0.25) is 4.57 Å². The van der Waals surface area contributed by atoms with Gasteiger partial charge in [-0.1, -0.05) is 5.92 Å². The van der Waals surface area contributed by atoms with E-state index in [4.69, 9.17) is 6.42 Å². The summed E-state index contributed by atoms with van der Waals surface area (Å²) in [5.41, 5.74) is 0.460. The molecular formula is C22H22F3N5O3. The van der Waals surface area contributed by atoms with Gasteiger partial charge in [-0.15, -0.1) is 19.6 Å². The SMILES string of the molecule is C#Cc1ccc(OC(F)(F)F)c(Cn2c(=O)[nH]c3cnc(NCC4CCC(O)CC4)nc32)c1. The number of aliphatic hydroxyl groups is 1. The molecule has 0 radical (unpaired) electrons. The van der Waals surface area contributed by atoms with Crippen LogP contribution >= 0.6 is 0 Å². The molecule has 0 aliphatic heterocycles. The van der Waals surface area contributed by atoms with Crippen LogP contribution in [-0.2, 0) is 6.54 Å². The highest BCUT2D eigenvalue weighted by atomic mass is 19.4. The molecule has 1 fully saturated rings. The van der Waals surface area contributed by atoms with Crippen molar-refractivity contribution in [2.75, 3.05) is 11.9 Å². The number of aromatic nitrogens is 4. The van der Waals surface area contributed by atoms with Crippen LogP contribution in [0.15, 0.2) is 29.2 Å². The van der Waals surface area contributed by atoms with Crippen molar-refractivity contribution in [3.63, 3.8) is 0 Å². The van der Waals surface area contributed by atoms with Crippen LogP contribution in [0.4, 0.5) is 19.1 Å². The Hall–Kier alpha value is -3.52. The molecule has 0 atom stereocenters. The number of hydrogen-bond acceptors (Lipinski definition) is 6. The normalized spacial score (nSPS) is 18.8. The first kappa shape index (κ1) is 22.7. The van der Waals surface area contributed by atoms with E-state index in [2.05, 4.69) is 30.9 Å². The summed E-state index contributed by atoms with van der Waals surface area (Å²) in [5.74, 6) is 2.58. The van der Waals surface area contributed by atoms with Gasteiger partial charge in [0.2, 0.25) is 5.95 Å². The molecule has 0 saturated heterocycles. The second-order valence-corrected chi connectivity index (χ2v) is 8.02. The van der Waals surface area contributed by atoms with E-state index in [0.717, 1.165) is 31.7 Å². The van der Waals surface area contributed by atoms with Crippen LogP contribution in [0.3, 0.4) is 0 Å². The summed E-state index contributed by atoms with van der Waals surface area (Å²) < 4.78 is 43.9. The molecule has 1 aromatic carbocycles. The van der Waals surface area contributed by atoms with Crippen molar-refractivity contribution in [3.05, 3.63) is 46.0 Å². The molecule has 8 nitrogen and oxygen atoms in total. The number of nitrogens with zero attached hydrogens (tertiary/aromatic N) is 3. The van der Waals surface area contributed by atoms with E-state index < -0.39 is 17.8 Å². The smallest absolute Gasteiger partial charge is 0.405 e. The minimum absolute atomic E-state index is 0.0830. The number of rotatable bonds is 6. The fourth-order valence-electron chi connectivity index (χ4n) is 3.95. The Morgan fingerprint density at radius 2 is 2.06 bits per heavy atom. The number of terminal acetylenes is 1. The average Bonchev–Trinajstić information content (AvgIpc) is 3.08. The van der Waals surface area contributed by atoms with Gasteiger partial charge in [0, 0.05) is 17.7 Å². The summed E-state index contributed by atoms with van der Waals surface area (Å²) in [4.78, 5) is 23.7. The molecule has 0 unspecified atom stereocenters. The summed E-state index contributed by atoms with van der Waals surface area (Å²) in [6, 6.07) is 3.82. The maximum atomic E-state index is 12.8. The second-order valence-electron chi connectivity index (χ2n) is 8.02. The lowest BCUT2D eigenvalue weighted by Gasteiger charge is -2.25. The third kappa shape index (κ3) is 5.46. The van der Waals surface area contributed by atoms with E-state index in [1.54, 1.807) is 0 Å². The number of imidazole rings is 1. The number of aromatic amines is 1. The molecule has 1 saturated carbocycles. The maximum Gasteiger partial charge on any atom is 0.573 e. The Balaban J connectivity index is 1.60. The van der Waals surface area contributed by atoms with Crippen molar-refractivity contribution in [1.29, 1.82) is 0 Å². The number of halogens is 3. The third-order valence-corrected chi connectivity index (χ3v) is 5.66. The lowest BCUT2D eigenvalue weighted by molar-refractivity contribution is -0.274. The highest BCUT2D eigenvalue weighted by molar-refractivity contribution is 5.71. The van der Waals surface area contributed by atoms with Crippen molar-refractivity contribution >= 4 is 17.1 Å². The molecule has 174 valence electrons. The average molecular weight is 461 g/mol. The first-order chi connectivity index (χ1) is 15.7. The van der Waals surface area contributed by atoms with Crippen molar-refractivity contribution in [1.82, 2.24) is 19.5 Å². The number of alkyl halides is 3. The summed E-state index contributed by atoms with van der Waals surface area (Å²) in [6.45, 7) is 0.372. The minimum Gasteiger partial charge on any atom is -0.405 e. The Kier molecular flexibility index (Phi) is 6.29. The topological polar surface area (TPSA) is 105 Å². The lowest BCUT2D eigenvalue weighted by Crippen LogP contribution is -2.24. The van der Waals surface area contributed by atoms with E-state index in [0.29, 0.717) is 29.5 Å². The molecule has 0 bridgehead atoms. The third-order valence-electron chi connectivity index (χ3n) is 5.66. The zero-order valence-corrected chi connectivity index (χ0v) is 17.5. The molecule has 3 N–H and O–H groups in total. The van der Waals surface area contributed by atoms with Crippen LogP contribution in [0.1, 0.15) is 36.8 Å². The Labute approximate surface area is 186 Å². The molecule has 0 spiro atoms. The van der Waals surface area contributed by atoms with Gasteiger partial charge in [0.15, 0.2) is 5.65 Å². The molecule has 2 aromatic heterocycles. The van der Waals surface area contributed by atoms with Gasteiger partial charge in [-0.2, -0.15) is 4.98 Å². The van der Waals surface area contributed by atoms with Crippen LogP contribution in [0.5, 0.6) is 5.75 Å². The van der Waals surface area contributed by atoms with Gasteiger partial charge in [0.1, 0.15) is 11.3 Å². The van der Waals surface area contributed by atoms with E-state index in [1.807, 2.05) is 0 Å². The van der Waals surface area contributed by atoms with Gasteiger partial charge in [-0.25, -0.2) is 9.78 Å². The molecule has 4 rings (SSSR count). The first-order valence-corrected chi connectivity index (χ1v) is 10.4. The standard InChI is InChI=1S/C22H22F3N5O3/c1-2-13-5-8-18(33-22(23,24)25)15(9-13)12-30-19-17(28-21(30)32)11-27-20(29-19)26-10-14-3-6-16(31)7-4-14/h1,5,8-9,11,14,16,31H,3-4,6-7,10,12H2,(H,28,32)(H,26,27,29). The number of nitrogens with one attached hydrogen (secondary N) is 2. The second kappa shape index (κ2) is 9.15. The van der Waals surface area contributed by atoms with Crippen LogP contribution in [0.2, 0.25) is 0 Å². The Morgan fingerprint density at radius 3 is 2.76 bits per heavy atom. The van der Waals surface area contributed by atoms with E-state index in [1.165, 1.54) is 22.9 Å². The molecule has 2 heterocycles.